The van der Waals surface area contributed by atoms with Crippen LogP contribution in [-0.2, 0) is 27.3 Å². The topological polar surface area (TPSA) is 68.5 Å². The van der Waals surface area contributed by atoms with Crippen LogP contribution in [-0.4, -0.2) is 18.5 Å². The van der Waals surface area contributed by atoms with Crippen LogP contribution in [0.15, 0.2) is 40.3 Å². The maximum absolute atomic E-state index is 11.5. The van der Waals surface area contributed by atoms with Gasteiger partial charge in [-0.3, -0.25) is 9.59 Å². The molecule has 1 N–H and O–H groups in total. The minimum absolute atomic E-state index is 0.251. The van der Waals surface area contributed by atoms with Crippen molar-refractivity contribution in [1.82, 2.24) is 5.32 Å². The van der Waals surface area contributed by atoms with Gasteiger partial charge in [0.2, 0.25) is 0 Å². The number of amides is 1. The Kier molecular flexibility index (Phi) is 6.02. The summed E-state index contributed by atoms with van der Waals surface area (Å²) in [5.41, 5.74) is 0. The highest BCUT2D eigenvalue weighted by Gasteiger charge is 2.08. The highest BCUT2D eigenvalue weighted by atomic mass is 32.1. The van der Waals surface area contributed by atoms with Crippen LogP contribution >= 0.6 is 11.3 Å². The molecule has 0 spiro atoms. The molecule has 2 heterocycles. The third-order valence-electron chi connectivity index (χ3n) is 2.79. The molecule has 1 amide bonds. The number of carbonyl (C=O) groups excluding carboxylic acids is 2. The zero-order valence-electron chi connectivity index (χ0n) is 11.5. The molecule has 2 rings (SSSR count). The molecule has 0 aromatic carbocycles. The molecule has 0 aliphatic heterocycles. The molecule has 0 aliphatic carbocycles. The Bertz CT molecular complexity index is 548. The van der Waals surface area contributed by atoms with Gasteiger partial charge in [0.15, 0.2) is 6.61 Å². The third-order valence-corrected chi connectivity index (χ3v) is 3.72. The lowest BCUT2D eigenvalue weighted by Gasteiger charge is -2.05. The van der Waals surface area contributed by atoms with E-state index in [0.717, 1.165) is 12.8 Å². The highest BCUT2D eigenvalue weighted by molar-refractivity contribution is 7.09. The number of thiophene rings is 1. The van der Waals surface area contributed by atoms with E-state index in [1.54, 1.807) is 23.5 Å². The van der Waals surface area contributed by atoms with E-state index in [0.29, 0.717) is 18.7 Å². The van der Waals surface area contributed by atoms with Gasteiger partial charge in [0.05, 0.1) is 12.8 Å². The van der Waals surface area contributed by atoms with Gasteiger partial charge in [-0.05, 0) is 36.4 Å². The van der Waals surface area contributed by atoms with Crippen LogP contribution < -0.4 is 5.32 Å². The van der Waals surface area contributed by atoms with Crippen molar-refractivity contribution in [2.45, 2.75) is 25.8 Å². The van der Waals surface area contributed by atoms with Crippen molar-refractivity contribution in [1.29, 1.82) is 0 Å². The summed E-state index contributed by atoms with van der Waals surface area (Å²) in [5.74, 6) is -0.0247. The maximum atomic E-state index is 11.5. The molecule has 0 saturated carbocycles. The number of rotatable bonds is 8. The summed E-state index contributed by atoms with van der Waals surface area (Å²) in [4.78, 5) is 24.2. The minimum atomic E-state index is -0.347. The fraction of sp³-hybridized carbons (Fsp3) is 0.333. The van der Waals surface area contributed by atoms with Crippen LogP contribution in [0.4, 0.5) is 0 Å². The van der Waals surface area contributed by atoms with Crippen LogP contribution in [0.2, 0.25) is 0 Å². The predicted molar refractivity (Wildman–Crippen MR) is 78.8 cm³/mol. The lowest BCUT2D eigenvalue weighted by molar-refractivity contribution is -0.148. The number of hydrogen-bond acceptors (Lipinski definition) is 5. The number of hydrogen-bond donors (Lipinski definition) is 1. The third kappa shape index (κ3) is 5.83. The van der Waals surface area contributed by atoms with E-state index in [1.165, 1.54) is 11.1 Å². The fourth-order valence-electron chi connectivity index (χ4n) is 1.73. The smallest absolute Gasteiger partial charge is 0.306 e. The van der Waals surface area contributed by atoms with Gasteiger partial charge in [-0.2, -0.15) is 0 Å². The van der Waals surface area contributed by atoms with E-state index in [1.807, 2.05) is 17.5 Å². The molecule has 0 fully saturated rings. The zero-order chi connectivity index (χ0) is 14.9. The van der Waals surface area contributed by atoms with Crippen LogP contribution in [0.25, 0.3) is 0 Å². The first-order valence-electron chi connectivity index (χ1n) is 6.71. The second-order valence-corrected chi connectivity index (χ2v) is 5.48. The molecule has 0 unspecified atom stereocenters. The Morgan fingerprint density at radius 1 is 1.29 bits per heavy atom. The van der Waals surface area contributed by atoms with Crippen LogP contribution in [0.3, 0.4) is 0 Å². The first-order valence-corrected chi connectivity index (χ1v) is 7.59. The summed E-state index contributed by atoms with van der Waals surface area (Å²) in [6, 6.07) is 7.53. The van der Waals surface area contributed by atoms with Crippen molar-refractivity contribution in [2.24, 2.45) is 0 Å². The molecule has 21 heavy (non-hydrogen) atoms. The second kappa shape index (κ2) is 8.26. The first-order chi connectivity index (χ1) is 10.2. The lowest BCUT2D eigenvalue weighted by atomic mass is 10.2. The van der Waals surface area contributed by atoms with Gasteiger partial charge in [-0.1, -0.05) is 6.07 Å². The van der Waals surface area contributed by atoms with Gasteiger partial charge >= 0.3 is 5.97 Å². The Morgan fingerprint density at radius 2 is 2.19 bits per heavy atom. The van der Waals surface area contributed by atoms with Gasteiger partial charge in [0, 0.05) is 11.3 Å². The van der Waals surface area contributed by atoms with Crippen LogP contribution in [0.5, 0.6) is 0 Å². The number of carbonyl (C=O) groups is 2. The molecule has 2 aromatic heterocycles. The van der Waals surface area contributed by atoms with Crippen LogP contribution in [0, 0.1) is 0 Å². The van der Waals surface area contributed by atoms with E-state index in [4.69, 9.17) is 9.15 Å². The zero-order valence-corrected chi connectivity index (χ0v) is 12.4. The van der Waals surface area contributed by atoms with E-state index in [9.17, 15) is 9.59 Å². The van der Waals surface area contributed by atoms with Crippen molar-refractivity contribution < 1.29 is 18.7 Å². The van der Waals surface area contributed by atoms with Crippen molar-refractivity contribution >= 4 is 23.2 Å². The number of esters is 1. The van der Waals surface area contributed by atoms with Crippen molar-refractivity contribution in [2.75, 3.05) is 6.61 Å². The molecule has 5 nitrogen and oxygen atoms in total. The fourth-order valence-corrected chi connectivity index (χ4v) is 2.48. The molecule has 6 heteroatoms. The van der Waals surface area contributed by atoms with Gasteiger partial charge in [0.1, 0.15) is 5.76 Å². The lowest BCUT2D eigenvalue weighted by Crippen LogP contribution is -2.28. The average molecular weight is 307 g/mol. The Morgan fingerprint density at radius 3 is 2.90 bits per heavy atom. The molecule has 2 aromatic rings. The summed E-state index contributed by atoms with van der Waals surface area (Å²) in [5, 5.41) is 4.62. The molecule has 0 bridgehead atoms. The Balaban J connectivity index is 1.54. The molecular formula is C15H17NO4S. The monoisotopic (exact) mass is 307 g/mol. The summed E-state index contributed by atoms with van der Waals surface area (Å²) in [7, 11) is 0. The first kappa shape index (κ1) is 15.3. The normalized spacial score (nSPS) is 10.3. The van der Waals surface area contributed by atoms with E-state index in [2.05, 4.69) is 5.32 Å². The SMILES string of the molecule is O=C(COC(=O)CCCc1cccs1)NCc1ccco1. The molecular weight excluding hydrogens is 290 g/mol. The number of aryl methyl sites for hydroxylation is 1. The van der Waals surface area contributed by atoms with Gasteiger partial charge in [-0.15, -0.1) is 11.3 Å². The maximum Gasteiger partial charge on any atom is 0.306 e. The van der Waals surface area contributed by atoms with Gasteiger partial charge in [0.25, 0.3) is 5.91 Å². The van der Waals surface area contributed by atoms with Crippen molar-refractivity contribution in [3.63, 3.8) is 0 Å². The number of nitrogens with one attached hydrogen (secondary N) is 1. The van der Waals surface area contributed by atoms with Crippen LogP contribution in [0.1, 0.15) is 23.5 Å². The summed E-state index contributed by atoms with van der Waals surface area (Å²) in [6.07, 6.45) is 3.45. The van der Waals surface area contributed by atoms with E-state index < -0.39 is 0 Å². The largest absolute Gasteiger partial charge is 0.467 e. The molecule has 0 aliphatic rings. The second-order valence-electron chi connectivity index (χ2n) is 4.45. The predicted octanol–water partition coefficient (Wildman–Crippen LogP) is 2.52. The number of ether oxygens (including phenoxy) is 1. The molecule has 0 atom stereocenters. The van der Waals surface area contributed by atoms with E-state index in [-0.39, 0.29) is 18.5 Å². The van der Waals surface area contributed by atoms with Crippen molar-refractivity contribution in [3.8, 4) is 0 Å². The van der Waals surface area contributed by atoms with Crippen molar-refractivity contribution in [3.05, 3.63) is 46.5 Å². The van der Waals surface area contributed by atoms with E-state index >= 15 is 0 Å². The summed E-state index contributed by atoms with van der Waals surface area (Å²) < 4.78 is 9.99. The summed E-state index contributed by atoms with van der Waals surface area (Å²) in [6.45, 7) is 0.0420. The summed E-state index contributed by atoms with van der Waals surface area (Å²) >= 11 is 1.67. The standard InChI is InChI=1S/C15H17NO4S/c17-14(16-10-12-4-2-8-19-12)11-20-15(18)7-1-5-13-6-3-9-21-13/h2-4,6,8-9H,1,5,7,10-11H2,(H,16,17). The molecule has 112 valence electrons. The minimum Gasteiger partial charge on any atom is -0.467 e. The van der Waals surface area contributed by atoms with Gasteiger partial charge in [-0.25, -0.2) is 0 Å². The molecule has 0 saturated heterocycles. The molecule has 0 radical (unpaired) electrons. The van der Waals surface area contributed by atoms with Gasteiger partial charge < -0.3 is 14.5 Å². The number of furan rings is 1. The average Bonchev–Trinajstić information content (AvgIpc) is 3.16. The quantitative estimate of drug-likeness (QED) is 0.761. The highest BCUT2D eigenvalue weighted by Crippen LogP contribution is 2.12. The Hall–Kier alpha value is -2.08. The Labute approximate surface area is 126 Å².